The molecule has 0 spiro atoms. The van der Waals surface area contributed by atoms with E-state index in [9.17, 15) is 19.8 Å². The first kappa shape index (κ1) is 29.9. The second-order valence-corrected chi connectivity index (χ2v) is 11.3. The molecular formula is C28H38FNO5S. The number of hydrogen-bond acceptors (Lipinski definition) is 7. The lowest BCUT2D eigenvalue weighted by molar-refractivity contribution is -0.154. The molecule has 0 aliphatic carbocycles. The fourth-order valence-electron chi connectivity index (χ4n) is 4.34. The fourth-order valence-corrected chi connectivity index (χ4v) is 4.91. The van der Waals surface area contributed by atoms with E-state index in [-0.39, 0.29) is 18.8 Å². The number of aromatic nitrogens is 1. The maximum atomic E-state index is 15.2. The third-order valence-electron chi connectivity index (χ3n) is 6.91. The molecule has 0 aromatic carbocycles. The summed E-state index contributed by atoms with van der Waals surface area (Å²) < 4.78 is 20.6. The lowest BCUT2D eigenvalue weighted by Gasteiger charge is -2.35. The minimum atomic E-state index is -1.40. The first-order valence-corrected chi connectivity index (χ1v) is 13.2. The molecule has 2 rings (SSSR count). The molecule has 0 unspecified atom stereocenters. The van der Waals surface area contributed by atoms with Crippen molar-refractivity contribution < 1.29 is 28.9 Å². The van der Waals surface area contributed by atoms with Crippen LogP contribution in [-0.4, -0.2) is 45.3 Å². The Labute approximate surface area is 217 Å². The molecular weight excluding hydrogens is 481 g/mol. The Morgan fingerprint density at radius 2 is 2.06 bits per heavy atom. The predicted octanol–water partition coefficient (Wildman–Crippen LogP) is 5.18. The van der Waals surface area contributed by atoms with Gasteiger partial charge >= 0.3 is 5.97 Å². The van der Waals surface area contributed by atoms with E-state index in [2.05, 4.69) is 10.9 Å². The average Bonchev–Trinajstić information content (AvgIpc) is 3.22. The number of hydrogen-bond donors (Lipinski definition) is 2. The number of terminal acetylenes is 1. The number of nitrogens with zero attached hydrogens (tertiary/aromatic N) is 1. The Kier molecular flexibility index (Phi) is 11.0. The van der Waals surface area contributed by atoms with E-state index in [0.29, 0.717) is 18.5 Å². The van der Waals surface area contributed by atoms with Gasteiger partial charge in [0.15, 0.2) is 6.10 Å². The van der Waals surface area contributed by atoms with Crippen molar-refractivity contribution in [2.45, 2.75) is 91.5 Å². The number of aryl methyl sites for hydroxylation is 1. The molecule has 0 bridgehead atoms. The summed E-state index contributed by atoms with van der Waals surface area (Å²) in [6.45, 7) is 8.65. The highest BCUT2D eigenvalue weighted by Gasteiger charge is 2.43. The molecule has 0 fully saturated rings. The normalized spacial score (nSPS) is 30.7. The van der Waals surface area contributed by atoms with E-state index in [4.69, 9.17) is 11.2 Å². The monoisotopic (exact) mass is 519 g/mol. The van der Waals surface area contributed by atoms with Crippen LogP contribution in [0.2, 0.25) is 0 Å². The smallest absolute Gasteiger partial charge is 0.309 e. The minimum absolute atomic E-state index is 0.0258. The van der Waals surface area contributed by atoms with E-state index in [1.54, 1.807) is 5.38 Å². The minimum Gasteiger partial charge on any atom is -0.455 e. The van der Waals surface area contributed by atoms with Crippen molar-refractivity contribution >= 4 is 29.2 Å². The number of halogens is 1. The van der Waals surface area contributed by atoms with Crippen molar-refractivity contribution in [3.63, 3.8) is 0 Å². The van der Waals surface area contributed by atoms with Crippen molar-refractivity contribution in [3.05, 3.63) is 33.6 Å². The summed E-state index contributed by atoms with van der Waals surface area (Å²) in [5.74, 6) is -0.483. The highest BCUT2D eigenvalue weighted by molar-refractivity contribution is 7.09. The molecule has 1 aliphatic rings. The van der Waals surface area contributed by atoms with Gasteiger partial charge < -0.3 is 14.9 Å². The van der Waals surface area contributed by atoms with E-state index in [1.807, 2.05) is 26.8 Å². The third kappa shape index (κ3) is 8.09. The van der Waals surface area contributed by atoms with Gasteiger partial charge in [0, 0.05) is 24.3 Å². The number of aliphatic hydroxyl groups excluding tert-OH is 2. The van der Waals surface area contributed by atoms with Gasteiger partial charge in [-0.1, -0.05) is 32.4 Å². The number of thiazole rings is 1. The van der Waals surface area contributed by atoms with Crippen LogP contribution in [0.3, 0.4) is 0 Å². The van der Waals surface area contributed by atoms with Crippen molar-refractivity contribution in [3.8, 4) is 12.3 Å². The van der Waals surface area contributed by atoms with E-state index < -0.39 is 53.6 Å². The number of ether oxygens (including phenoxy) is 1. The van der Waals surface area contributed by atoms with Crippen LogP contribution in [0.15, 0.2) is 22.9 Å². The van der Waals surface area contributed by atoms with Crippen LogP contribution in [0.1, 0.15) is 76.9 Å². The van der Waals surface area contributed by atoms with E-state index >= 15 is 4.39 Å². The third-order valence-corrected chi connectivity index (χ3v) is 7.70. The molecule has 5 atom stereocenters. The van der Waals surface area contributed by atoms with Crippen LogP contribution in [0, 0.1) is 36.5 Å². The molecule has 1 aliphatic heterocycles. The zero-order chi connectivity index (χ0) is 27.0. The molecule has 6 nitrogen and oxygen atoms in total. The Hall–Kier alpha value is -2.34. The van der Waals surface area contributed by atoms with Gasteiger partial charge in [-0.25, -0.2) is 9.37 Å². The Morgan fingerprint density at radius 3 is 2.67 bits per heavy atom. The van der Waals surface area contributed by atoms with Gasteiger partial charge in [0.2, 0.25) is 0 Å². The summed E-state index contributed by atoms with van der Waals surface area (Å²) in [5, 5.41) is 24.3. The van der Waals surface area contributed by atoms with Gasteiger partial charge in [-0.3, -0.25) is 9.59 Å². The number of Topliss-reactive ketones (excluding diaryl/α,β-unsaturated/α-hetero) is 1. The van der Waals surface area contributed by atoms with Crippen LogP contribution >= 0.6 is 11.3 Å². The zero-order valence-electron chi connectivity index (χ0n) is 21.8. The fraction of sp³-hybridized carbons (Fsp3) is 0.607. The molecule has 0 radical (unpaired) electrons. The van der Waals surface area contributed by atoms with Gasteiger partial charge in [0.25, 0.3) is 0 Å². The second-order valence-electron chi connectivity index (χ2n) is 10.3. The quantitative estimate of drug-likeness (QED) is 0.325. The molecule has 0 saturated carbocycles. The number of ketones is 1. The topological polar surface area (TPSA) is 96.7 Å². The lowest BCUT2D eigenvalue weighted by atomic mass is 9.71. The van der Waals surface area contributed by atoms with Gasteiger partial charge in [0.05, 0.1) is 40.7 Å². The van der Waals surface area contributed by atoms with Gasteiger partial charge in [-0.05, 0) is 39.0 Å². The molecule has 0 saturated heterocycles. The lowest BCUT2D eigenvalue weighted by Crippen LogP contribution is -2.46. The summed E-state index contributed by atoms with van der Waals surface area (Å²) in [5.41, 5.74) is 0.0638. The number of aliphatic hydroxyl groups is 2. The van der Waals surface area contributed by atoms with Crippen LogP contribution in [0.5, 0.6) is 0 Å². The highest BCUT2D eigenvalue weighted by atomic mass is 32.1. The first-order chi connectivity index (χ1) is 16.9. The molecule has 1 aromatic heterocycles. The second kappa shape index (κ2) is 13.3. The number of esters is 1. The molecule has 2 N–H and O–H groups in total. The number of carbonyl (C=O) groups is 2. The maximum Gasteiger partial charge on any atom is 0.309 e. The first-order valence-electron chi connectivity index (χ1n) is 12.3. The average molecular weight is 520 g/mol. The van der Waals surface area contributed by atoms with Crippen LogP contribution in [0.4, 0.5) is 4.39 Å². The molecule has 36 heavy (non-hydrogen) atoms. The number of rotatable bonds is 3. The van der Waals surface area contributed by atoms with Crippen LogP contribution in [-0.2, 0) is 14.3 Å². The van der Waals surface area contributed by atoms with Crippen LogP contribution in [0.25, 0.3) is 6.08 Å². The number of allylic oxidation sites excluding steroid dienone is 1. The molecule has 198 valence electrons. The Balaban J connectivity index is 2.37. The zero-order valence-corrected chi connectivity index (χ0v) is 22.6. The van der Waals surface area contributed by atoms with Crippen molar-refractivity contribution in [1.82, 2.24) is 4.98 Å². The Bertz CT molecular complexity index is 1020. The predicted molar refractivity (Wildman–Crippen MR) is 140 cm³/mol. The van der Waals surface area contributed by atoms with Gasteiger partial charge in [0.1, 0.15) is 11.6 Å². The molecule has 2 heterocycles. The SMILES string of the molecule is C#CC[C@H]1C(=O)C(C)(C)[C@H](O)CC(=O)O[C@H](/C(F)=C/c2csc(C)n2)C/C=C(/C)CCC[C@H](C)[C@@H]1O. The summed E-state index contributed by atoms with van der Waals surface area (Å²) in [7, 11) is 0. The van der Waals surface area contributed by atoms with Crippen molar-refractivity contribution in [2.24, 2.45) is 17.3 Å². The van der Waals surface area contributed by atoms with Crippen LogP contribution < -0.4 is 0 Å². The molecule has 8 heteroatoms. The highest BCUT2D eigenvalue weighted by Crippen LogP contribution is 2.34. The Morgan fingerprint density at radius 1 is 1.36 bits per heavy atom. The number of cyclic esters (lactones) is 1. The largest absolute Gasteiger partial charge is 0.455 e. The van der Waals surface area contributed by atoms with Gasteiger partial charge in [-0.15, -0.1) is 23.7 Å². The van der Waals surface area contributed by atoms with E-state index in [1.165, 1.54) is 31.3 Å². The molecule has 0 amide bonds. The number of carbonyl (C=O) groups excluding carboxylic acids is 2. The summed E-state index contributed by atoms with van der Waals surface area (Å²) in [6.07, 6.45) is 6.82. The van der Waals surface area contributed by atoms with E-state index in [0.717, 1.165) is 17.0 Å². The summed E-state index contributed by atoms with van der Waals surface area (Å²) in [6, 6.07) is 0. The van der Waals surface area contributed by atoms with Crippen molar-refractivity contribution in [2.75, 3.05) is 0 Å². The molecule has 1 aromatic rings. The standard InChI is InChI=1S/C28H38FNO5S/c1-7-9-21-26(33)18(3)11-8-10-17(2)12-13-23(22(29)14-20-16-36-19(4)30-20)35-25(32)15-24(31)28(5,6)27(21)34/h1,12,14,16,18,21,23-24,26,31,33H,8-11,13,15H2,2-6H3/b17-12-,22-14-/t18-,21+,23-,24+,26-/m0/s1. The summed E-state index contributed by atoms with van der Waals surface area (Å²) >= 11 is 1.39. The van der Waals surface area contributed by atoms with Gasteiger partial charge in [-0.2, -0.15) is 0 Å². The maximum absolute atomic E-state index is 15.2. The summed E-state index contributed by atoms with van der Waals surface area (Å²) in [4.78, 5) is 30.4. The van der Waals surface area contributed by atoms with Crippen molar-refractivity contribution in [1.29, 1.82) is 0 Å².